The molecule has 1 rings (SSSR count). The van der Waals surface area contributed by atoms with E-state index in [0.29, 0.717) is 13.1 Å². The molecule has 0 aromatic heterocycles. The molecule has 0 atom stereocenters. The van der Waals surface area contributed by atoms with Crippen molar-refractivity contribution >= 4 is 5.69 Å². The van der Waals surface area contributed by atoms with Crippen molar-refractivity contribution in [1.29, 1.82) is 0 Å². The summed E-state index contributed by atoms with van der Waals surface area (Å²) in [7, 11) is 1.87. The lowest BCUT2D eigenvalue weighted by atomic mass is 10.2. The summed E-state index contributed by atoms with van der Waals surface area (Å²) in [5.74, 6) is 0. The third kappa shape index (κ3) is 2.70. The normalized spacial score (nSPS) is 10.1. The van der Waals surface area contributed by atoms with Gasteiger partial charge in [0.05, 0.1) is 0 Å². The minimum atomic E-state index is -0.330. The summed E-state index contributed by atoms with van der Waals surface area (Å²) in [5, 5.41) is 0. The van der Waals surface area contributed by atoms with Gasteiger partial charge >= 0.3 is 0 Å². The van der Waals surface area contributed by atoms with E-state index in [2.05, 4.69) is 0 Å². The van der Waals surface area contributed by atoms with Gasteiger partial charge in [-0.05, 0) is 17.7 Å². The van der Waals surface area contributed by atoms with Crippen LogP contribution in [0.5, 0.6) is 0 Å². The Hall–Kier alpha value is -1.09. The number of benzene rings is 1. The van der Waals surface area contributed by atoms with Gasteiger partial charge in [0.1, 0.15) is 6.67 Å². The summed E-state index contributed by atoms with van der Waals surface area (Å²) in [6.07, 6.45) is 0. The van der Waals surface area contributed by atoms with E-state index in [-0.39, 0.29) is 6.67 Å². The Morgan fingerprint density at radius 1 is 1.46 bits per heavy atom. The van der Waals surface area contributed by atoms with Crippen LogP contribution in [-0.4, -0.2) is 20.3 Å². The Bertz CT molecular complexity index is 263. The highest BCUT2D eigenvalue weighted by atomic mass is 19.1. The fraction of sp³-hybridized carbons (Fsp3) is 0.400. The first kappa shape index (κ1) is 9.99. The van der Waals surface area contributed by atoms with Crippen molar-refractivity contribution in [2.45, 2.75) is 6.54 Å². The van der Waals surface area contributed by atoms with E-state index in [9.17, 15) is 4.39 Å². The number of nitrogens with two attached hydrogens (primary N) is 1. The monoisotopic (exact) mass is 182 g/mol. The van der Waals surface area contributed by atoms with E-state index in [4.69, 9.17) is 5.73 Å². The second kappa shape index (κ2) is 4.82. The molecule has 1 aromatic carbocycles. The van der Waals surface area contributed by atoms with Gasteiger partial charge in [-0.1, -0.05) is 12.1 Å². The van der Waals surface area contributed by atoms with Crippen LogP contribution < -0.4 is 10.6 Å². The van der Waals surface area contributed by atoms with Crippen molar-refractivity contribution in [2.75, 3.05) is 25.2 Å². The van der Waals surface area contributed by atoms with E-state index in [1.807, 2.05) is 36.2 Å². The quantitative estimate of drug-likeness (QED) is 0.765. The third-order valence-corrected chi connectivity index (χ3v) is 2.01. The smallest absolute Gasteiger partial charge is 0.107 e. The first-order valence-electron chi connectivity index (χ1n) is 4.34. The number of nitrogens with zero attached hydrogens (tertiary/aromatic N) is 1. The molecular weight excluding hydrogens is 167 g/mol. The van der Waals surface area contributed by atoms with Crippen molar-refractivity contribution in [3.05, 3.63) is 29.8 Å². The second-order valence-corrected chi connectivity index (χ2v) is 2.98. The molecule has 0 aliphatic rings. The molecule has 2 N–H and O–H groups in total. The first-order chi connectivity index (χ1) is 6.27. The van der Waals surface area contributed by atoms with E-state index in [1.165, 1.54) is 0 Å². The molecule has 0 bridgehead atoms. The van der Waals surface area contributed by atoms with Crippen LogP contribution >= 0.6 is 0 Å². The Labute approximate surface area is 78.2 Å². The van der Waals surface area contributed by atoms with Gasteiger partial charge in [-0.25, -0.2) is 4.39 Å². The predicted molar refractivity (Wildman–Crippen MR) is 53.6 cm³/mol. The maximum absolute atomic E-state index is 12.0. The van der Waals surface area contributed by atoms with Gasteiger partial charge in [-0.15, -0.1) is 0 Å². The summed E-state index contributed by atoms with van der Waals surface area (Å²) >= 11 is 0. The van der Waals surface area contributed by atoms with Crippen molar-refractivity contribution < 1.29 is 4.39 Å². The number of anilines is 1. The number of rotatable bonds is 4. The van der Waals surface area contributed by atoms with Crippen LogP contribution in [0, 0.1) is 0 Å². The van der Waals surface area contributed by atoms with Crippen LogP contribution in [0.4, 0.5) is 10.1 Å². The van der Waals surface area contributed by atoms with E-state index < -0.39 is 0 Å². The maximum Gasteiger partial charge on any atom is 0.107 e. The van der Waals surface area contributed by atoms with Gasteiger partial charge in [0.2, 0.25) is 0 Å². The lowest BCUT2D eigenvalue weighted by Gasteiger charge is -2.17. The topological polar surface area (TPSA) is 29.3 Å². The first-order valence-corrected chi connectivity index (χ1v) is 4.34. The summed E-state index contributed by atoms with van der Waals surface area (Å²) in [6, 6.07) is 7.84. The highest BCUT2D eigenvalue weighted by Gasteiger charge is 1.99. The molecule has 0 saturated carbocycles. The van der Waals surface area contributed by atoms with Gasteiger partial charge in [-0.3, -0.25) is 0 Å². The molecule has 1 aromatic rings. The highest BCUT2D eigenvalue weighted by molar-refractivity contribution is 5.47. The predicted octanol–water partition coefficient (Wildman–Crippen LogP) is 1.55. The maximum atomic E-state index is 12.0. The number of halogens is 1. The molecule has 0 unspecified atom stereocenters. The van der Waals surface area contributed by atoms with Gasteiger partial charge in [0.25, 0.3) is 0 Å². The third-order valence-electron chi connectivity index (χ3n) is 2.01. The van der Waals surface area contributed by atoms with Crippen molar-refractivity contribution in [2.24, 2.45) is 5.73 Å². The van der Waals surface area contributed by atoms with Crippen molar-refractivity contribution in [3.63, 3.8) is 0 Å². The molecule has 0 aliphatic carbocycles. The summed E-state index contributed by atoms with van der Waals surface area (Å²) in [5.41, 5.74) is 7.59. The van der Waals surface area contributed by atoms with Gasteiger partial charge in [0, 0.05) is 25.8 Å². The summed E-state index contributed by atoms with van der Waals surface area (Å²) in [4.78, 5) is 1.87. The molecule has 0 amide bonds. The molecule has 0 spiro atoms. The SMILES string of the molecule is CN(CCF)c1cccc(CN)c1. The fourth-order valence-corrected chi connectivity index (χ4v) is 1.18. The zero-order chi connectivity index (χ0) is 9.68. The standard InChI is InChI=1S/C10H15FN2/c1-13(6-5-11)10-4-2-3-9(7-10)8-12/h2-4,7H,5-6,8,12H2,1H3. The highest BCUT2D eigenvalue weighted by Crippen LogP contribution is 2.13. The minimum absolute atomic E-state index is 0.330. The molecule has 0 radical (unpaired) electrons. The van der Waals surface area contributed by atoms with Crippen LogP contribution in [0.1, 0.15) is 5.56 Å². The van der Waals surface area contributed by atoms with E-state index in [0.717, 1.165) is 11.3 Å². The number of alkyl halides is 1. The average molecular weight is 182 g/mol. The van der Waals surface area contributed by atoms with Crippen LogP contribution in [0.25, 0.3) is 0 Å². The lowest BCUT2D eigenvalue weighted by molar-refractivity contribution is 0.497. The lowest BCUT2D eigenvalue weighted by Crippen LogP contribution is -2.19. The molecule has 0 saturated heterocycles. The zero-order valence-electron chi connectivity index (χ0n) is 7.83. The molecule has 3 heteroatoms. The molecule has 0 heterocycles. The van der Waals surface area contributed by atoms with Crippen LogP contribution in [0.2, 0.25) is 0 Å². The molecule has 2 nitrogen and oxygen atoms in total. The van der Waals surface area contributed by atoms with Gasteiger partial charge in [0.15, 0.2) is 0 Å². The molecule has 0 fully saturated rings. The number of hydrogen-bond acceptors (Lipinski definition) is 2. The van der Waals surface area contributed by atoms with Crippen LogP contribution in [0.3, 0.4) is 0 Å². The van der Waals surface area contributed by atoms with Crippen molar-refractivity contribution in [3.8, 4) is 0 Å². The van der Waals surface area contributed by atoms with E-state index in [1.54, 1.807) is 0 Å². The van der Waals surface area contributed by atoms with Crippen LogP contribution in [0.15, 0.2) is 24.3 Å². The van der Waals surface area contributed by atoms with Crippen molar-refractivity contribution in [1.82, 2.24) is 0 Å². The minimum Gasteiger partial charge on any atom is -0.372 e. The number of hydrogen-bond donors (Lipinski definition) is 1. The fourth-order valence-electron chi connectivity index (χ4n) is 1.18. The Morgan fingerprint density at radius 3 is 2.85 bits per heavy atom. The molecular formula is C10H15FN2. The molecule has 72 valence electrons. The second-order valence-electron chi connectivity index (χ2n) is 2.98. The summed E-state index contributed by atoms with van der Waals surface area (Å²) in [6.45, 7) is 0.620. The molecule has 0 aliphatic heterocycles. The Morgan fingerprint density at radius 2 is 2.23 bits per heavy atom. The average Bonchev–Trinajstić information content (AvgIpc) is 2.18. The Balaban J connectivity index is 2.75. The molecule has 13 heavy (non-hydrogen) atoms. The summed E-state index contributed by atoms with van der Waals surface area (Å²) < 4.78 is 12.0. The van der Waals surface area contributed by atoms with Gasteiger partial charge in [-0.2, -0.15) is 0 Å². The van der Waals surface area contributed by atoms with Gasteiger partial charge < -0.3 is 10.6 Å². The Kier molecular flexibility index (Phi) is 3.71. The largest absolute Gasteiger partial charge is 0.372 e. The zero-order valence-corrected chi connectivity index (χ0v) is 7.83. The van der Waals surface area contributed by atoms with E-state index >= 15 is 0 Å². The van der Waals surface area contributed by atoms with Crippen LogP contribution in [-0.2, 0) is 6.54 Å².